The zero-order valence-electron chi connectivity index (χ0n) is 20.9. The van der Waals surface area contributed by atoms with E-state index in [1.54, 1.807) is 13.0 Å². The van der Waals surface area contributed by atoms with Crippen molar-refractivity contribution in [3.05, 3.63) is 70.0 Å². The Hall–Kier alpha value is -2.66. The highest BCUT2D eigenvalue weighted by Crippen LogP contribution is 2.50. The quantitative estimate of drug-likeness (QED) is 0.439. The first kappa shape index (κ1) is 28.4. The third-order valence-corrected chi connectivity index (χ3v) is 7.76. The maximum Gasteiger partial charge on any atom is 0.416 e. The number of ether oxygens (including phenoxy) is 1. The average Bonchev–Trinajstić information content (AvgIpc) is 3.15. The van der Waals surface area contributed by atoms with Crippen LogP contribution in [0.25, 0.3) is 0 Å². The number of benzene rings is 2. The van der Waals surface area contributed by atoms with Crippen LogP contribution < -0.4 is 0 Å². The summed E-state index contributed by atoms with van der Waals surface area (Å²) < 4.78 is 101. The van der Waals surface area contributed by atoms with Gasteiger partial charge in [0.25, 0.3) is 0 Å². The molecular weight excluding hydrogens is 519 g/mol. The highest BCUT2D eigenvalue weighted by molar-refractivity contribution is 5.73. The number of amides is 1. The number of carbonyl (C=O) groups excluding carboxylic acids is 1. The lowest BCUT2D eigenvalue weighted by atomic mass is 9.68. The summed E-state index contributed by atoms with van der Waals surface area (Å²) in [5.41, 5.74) is -1.85. The van der Waals surface area contributed by atoms with Crippen molar-refractivity contribution in [1.82, 2.24) is 4.90 Å². The van der Waals surface area contributed by atoms with Crippen LogP contribution in [0.5, 0.6) is 0 Å². The van der Waals surface area contributed by atoms with Crippen molar-refractivity contribution in [2.45, 2.75) is 70.3 Å². The maximum atomic E-state index is 13.9. The first-order valence-electron chi connectivity index (χ1n) is 12.2. The SMILES string of the molecule is CC(=O)N1C[C@H]2[C@H](c3ccc(F)cc3C)[C@@H](O[C@H](C)c3cc(C(F)(F)F)cc(C(F)(F)F)c3)CC[C@@H]2C1O. The van der Waals surface area contributed by atoms with Gasteiger partial charge in [-0.05, 0) is 79.6 Å². The molecule has 4 nitrogen and oxygen atoms in total. The van der Waals surface area contributed by atoms with Crippen LogP contribution in [-0.2, 0) is 21.9 Å². The molecule has 1 amide bonds. The second-order valence-electron chi connectivity index (χ2n) is 10.2. The minimum absolute atomic E-state index is 0.0718. The minimum atomic E-state index is -4.99. The molecule has 0 aromatic heterocycles. The standard InChI is InChI=1S/C27H28F7NO3/c1-13-8-19(28)4-5-20(13)24-22-12-35(15(3)36)25(37)21(22)6-7-23(24)38-14(2)16-9-17(26(29,30)31)11-18(10-16)27(32,33)34/h4-5,8-11,14,21-25,37H,6-7,12H2,1-3H3/t14-,21+,22-,23+,24+,25?/m1/s1. The van der Waals surface area contributed by atoms with E-state index in [1.165, 1.54) is 30.9 Å². The number of rotatable bonds is 4. The highest BCUT2D eigenvalue weighted by atomic mass is 19.4. The van der Waals surface area contributed by atoms with E-state index >= 15 is 0 Å². The summed E-state index contributed by atoms with van der Waals surface area (Å²) in [7, 11) is 0. The van der Waals surface area contributed by atoms with Crippen LogP contribution in [0.3, 0.4) is 0 Å². The molecule has 0 spiro atoms. The van der Waals surface area contributed by atoms with Crippen LogP contribution in [0.15, 0.2) is 36.4 Å². The Morgan fingerprint density at radius 3 is 2.13 bits per heavy atom. The Labute approximate surface area is 215 Å². The van der Waals surface area contributed by atoms with E-state index in [0.29, 0.717) is 36.1 Å². The number of aliphatic hydroxyl groups excluding tert-OH is 1. The van der Waals surface area contributed by atoms with Gasteiger partial charge in [0.1, 0.15) is 12.0 Å². The molecule has 1 heterocycles. The van der Waals surface area contributed by atoms with Crippen molar-refractivity contribution in [3.8, 4) is 0 Å². The number of aryl methyl sites for hydroxylation is 1. The lowest BCUT2D eigenvalue weighted by Gasteiger charge is -2.41. The van der Waals surface area contributed by atoms with Crippen LogP contribution in [-0.4, -0.2) is 34.8 Å². The normalized spacial score (nSPS) is 26.8. The van der Waals surface area contributed by atoms with Crippen LogP contribution in [0.4, 0.5) is 30.7 Å². The Bertz CT molecular complexity index is 1160. The van der Waals surface area contributed by atoms with Gasteiger partial charge in [-0.2, -0.15) is 26.3 Å². The molecule has 11 heteroatoms. The van der Waals surface area contributed by atoms with E-state index in [2.05, 4.69) is 0 Å². The van der Waals surface area contributed by atoms with Gasteiger partial charge in [-0.3, -0.25) is 4.79 Å². The fraction of sp³-hybridized carbons (Fsp3) is 0.519. The van der Waals surface area contributed by atoms with Gasteiger partial charge in [0.15, 0.2) is 0 Å². The zero-order chi connectivity index (χ0) is 28.2. The summed E-state index contributed by atoms with van der Waals surface area (Å²) in [6, 6.07) is 5.55. The first-order valence-corrected chi connectivity index (χ1v) is 12.2. The molecule has 0 radical (unpaired) electrons. The molecule has 1 saturated heterocycles. The fourth-order valence-electron chi connectivity index (χ4n) is 5.94. The van der Waals surface area contributed by atoms with Crippen molar-refractivity contribution < 1.29 is 45.4 Å². The Kier molecular flexibility index (Phi) is 7.57. The monoisotopic (exact) mass is 547 g/mol. The Morgan fingerprint density at radius 2 is 1.61 bits per heavy atom. The lowest BCUT2D eigenvalue weighted by molar-refractivity contribution is -0.143. The van der Waals surface area contributed by atoms with Gasteiger partial charge in [0, 0.05) is 25.3 Å². The molecule has 2 aliphatic rings. The zero-order valence-corrected chi connectivity index (χ0v) is 20.9. The molecule has 1 N–H and O–H groups in total. The van der Waals surface area contributed by atoms with Crippen LogP contribution in [0.2, 0.25) is 0 Å². The van der Waals surface area contributed by atoms with Gasteiger partial charge >= 0.3 is 12.4 Å². The molecule has 1 unspecified atom stereocenters. The second-order valence-corrected chi connectivity index (χ2v) is 10.2. The van der Waals surface area contributed by atoms with Gasteiger partial charge < -0.3 is 14.7 Å². The Balaban J connectivity index is 1.72. The summed E-state index contributed by atoms with van der Waals surface area (Å²) in [4.78, 5) is 13.5. The van der Waals surface area contributed by atoms with Crippen LogP contribution in [0, 0.1) is 24.6 Å². The van der Waals surface area contributed by atoms with Crippen molar-refractivity contribution >= 4 is 5.91 Å². The molecule has 208 valence electrons. The van der Waals surface area contributed by atoms with E-state index < -0.39 is 53.7 Å². The number of fused-ring (bicyclic) bond motifs is 1. The molecule has 2 aromatic rings. The molecule has 2 fully saturated rings. The predicted octanol–water partition coefficient (Wildman–Crippen LogP) is 6.61. The second kappa shape index (κ2) is 10.1. The van der Waals surface area contributed by atoms with E-state index in [-0.39, 0.29) is 35.9 Å². The van der Waals surface area contributed by atoms with E-state index in [4.69, 9.17) is 4.74 Å². The number of nitrogens with zero attached hydrogens (tertiary/aromatic N) is 1. The summed E-state index contributed by atoms with van der Waals surface area (Å²) in [5.74, 6) is -1.89. The van der Waals surface area contributed by atoms with Crippen molar-refractivity contribution in [2.75, 3.05) is 6.54 Å². The van der Waals surface area contributed by atoms with E-state index in [1.807, 2.05) is 0 Å². The van der Waals surface area contributed by atoms with E-state index in [9.17, 15) is 40.6 Å². The van der Waals surface area contributed by atoms with Gasteiger partial charge in [0.05, 0.1) is 23.3 Å². The molecule has 0 bridgehead atoms. The number of hydrogen-bond donors (Lipinski definition) is 1. The molecule has 2 aromatic carbocycles. The summed E-state index contributed by atoms with van der Waals surface area (Å²) in [6.45, 7) is 4.61. The summed E-state index contributed by atoms with van der Waals surface area (Å²) >= 11 is 0. The number of hydrogen-bond acceptors (Lipinski definition) is 3. The summed E-state index contributed by atoms with van der Waals surface area (Å²) in [6.07, 6.45) is -12.1. The average molecular weight is 548 g/mol. The predicted molar refractivity (Wildman–Crippen MR) is 123 cm³/mol. The highest BCUT2D eigenvalue weighted by Gasteiger charge is 2.51. The third-order valence-electron chi connectivity index (χ3n) is 7.76. The molecule has 1 saturated carbocycles. The molecule has 4 rings (SSSR count). The van der Waals surface area contributed by atoms with E-state index in [0.717, 1.165) is 0 Å². The van der Waals surface area contributed by atoms with Gasteiger partial charge in [-0.25, -0.2) is 4.39 Å². The molecule has 1 aliphatic carbocycles. The van der Waals surface area contributed by atoms with Crippen LogP contribution >= 0.6 is 0 Å². The molecule has 1 aliphatic heterocycles. The maximum absolute atomic E-state index is 13.9. The number of carbonyl (C=O) groups is 1. The van der Waals surface area contributed by atoms with Crippen LogP contribution in [0.1, 0.15) is 66.5 Å². The number of alkyl halides is 6. The van der Waals surface area contributed by atoms with Crippen molar-refractivity contribution in [3.63, 3.8) is 0 Å². The third kappa shape index (κ3) is 5.54. The smallest absolute Gasteiger partial charge is 0.373 e. The van der Waals surface area contributed by atoms with Gasteiger partial charge in [-0.15, -0.1) is 0 Å². The lowest BCUT2D eigenvalue weighted by Crippen LogP contribution is -2.40. The van der Waals surface area contributed by atoms with Crippen molar-refractivity contribution in [1.29, 1.82) is 0 Å². The fourth-order valence-corrected chi connectivity index (χ4v) is 5.94. The van der Waals surface area contributed by atoms with Gasteiger partial charge in [-0.1, -0.05) is 6.07 Å². The minimum Gasteiger partial charge on any atom is -0.373 e. The number of halogens is 7. The number of aliphatic hydroxyl groups is 1. The summed E-state index contributed by atoms with van der Waals surface area (Å²) in [5, 5.41) is 10.8. The number of likely N-dealkylation sites (tertiary alicyclic amines) is 1. The first-order chi connectivity index (χ1) is 17.6. The molecule has 38 heavy (non-hydrogen) atoms. The Morgan fingerprint density at radius 1 is 1.00 bits per heavy atom. The molecular formula is C27H28F7NO3. The van der Waals surface area contributed by atoms with Gasteiger partial charge in [0.2, 0.25) is 5.91 Å². The largest absolute Gasteiger partial charge is 0.416 e. The van der Waals surface area contributed by atoms with Crippen molar-refractivity contribution in [2.24, 2.45) is 11.8 Å². The topological polar surface area (TPSA) is 49.8 Å². The molecule has 6 atom stereocenters.